The van der Waals surface area contributed by atoms with Gasteiger partial charge in [-0.05, 0) is 50.4 Å². The zero-order chi connectivity index (χ0) is 17.7. The lowest BCUT2D eigenvalue weighted by Crippen LogP contribution is -2.54. The van der Waals surface area contributed by atoms with Crippen molar-refractivity contribution in [3.63, 3.8) is 0 Å². The van der Waals surface area contributed by atoms with Gasteiger partial charge in [0, 0.05) is 32.2 Å². The fraction of sp³-hybridized carbons (Fsp3) is 0.600. The molecule has 1 aromatic rings. The van der Waals surface area contributed by atoms with Crippen molar-refractivity contribution in [2.75, 3.05) is 33.2 Å². The molecule has 1 heterocycles. The standard InChI is InChI=1S/C20H32FN3/c1-16(2)14-19(23-10-12-24(22-5)13-11-23)15-20(3,4)17-6-8-18(21)9-7-17/h6-9,14,19,22H,10-13,15H2,1-5H3. The molecular weight excluding hydrogens is 301 g/mol. The lowest BCUT2D eigenvalue weighted by atomic mass is 9.78. The van der Waals surface area contributed by atoms with Gasteiger partial charge in [0.25, 0.3) is 0 Å². The van der Waals surface area contributed by atoms with Crippen molar-refractivity contribution in [2.45, 2.75) is 45.6 Å². The lowest BCUT2D eigenvalue weighted by molar-refractivity contribution is 0.0749. The first-order chi connectivity index (χ1) is 11.3. The summed E-state index contributed by atoms with van der Waals surface area (Å²) < 4.78 is 13.2. The largest absolute Gasteiger partial charge is 0.294 e. The molecule has 0 bridgehead atoms. The number of nitrogens with zero attached hydrogens (tertiary/aromatic N) is 2. The number of halogens is 1. The summed E-state index contributed by atoms with van der Waals surface area (Å²) in [6.45, 7) is 13.1. The molecule has 1 aliphatic rings. The van der Waals surface area contributed by atoms with Crippen molar-refractivity contribution in [2.24, 2.45) is 0 Å². The van der Waals surface area contributed by atoms with Gasteiger partial charge in [-0.15, -0.1) is 0 Å². The number of rotatable bonds is 6. The molecule has 1 saturated heterocycles. The third-order valence-electron chi connectivity index (χ3n) is 4.97. The highest BCUT2D eigenvalue weighted by molar-refractivity contribution is 5.25. The SMILES string of the molecule is CNN1CCN(C(C=C(C)C)CC(C)(C)c2ccc(F)cc2)CC1. The van der Waals surface area contributed by atoms with E-state index in [0.29, 0.717) is 6.04 Å². The molecule has 1 aliphatic heterocycles. The molecule has 0 aliphatic carbocycles. The molecule has 0 amide bonds. The van der Waals surface area contributed by atoms with Crippen LogP contribution in [0.2, 0.25) is 0 Å². The van der Waals surface area contributed by atoms with Crippen LogP contribution in [0.1, 0.15) is 39.7 Å². The summed E-state index contributed by atoms with van der Waals surface area (Å²) in [6.07, 6.45) is 3.42. The molecule has 1 fully saturated rings. The Morgan fingerprint density at radius 3 is 2.25 bits per heavy atom. The zero-order valence-electron chi connectivity index (χ0n) is 15.8. The molecule has 2 rings (SSSR count). The minimum absolute atomic E-state index is 0.00442. The molecule has 3 nitrogen and oxygen atoms in total. The van der Waals surface area contributed by atoms with Gasteiger partial charge in [0.15, 0.2) is 0 Å². The van der Waals surface area contributed by atoms with Gasteiger partial charge >= 0.3 is 0 Å². The number of nitrogens with one attached hydrogen (secondary N) is 1. The van der Waals surface area contributed by atoms with E-state index in [2.05, 4.69) is 49.1 Å². The van der Waals surface area contributed by atoms with E-state index >= 15 is 0 Å². The first kappa shape index (κ1) is 19.1. The van der Waals surface area contributed by atoms with Gasteiger partial charge in [-0.25, -0.2) is 9.40 Å². The summed E-state index contributed by atoms with van der Waals surface area (Å²) in [4.78, 5) is 2.58. The normalized spacial score (nSPS) is 18.4. The Hall–Kier alpha value is -1.23. The Morgan fingerprint density at radius 1 is 1.17 bits per heavy atom. The minimum atomic E-state index is -0.168. The average Bonchev–Trinajstić information content (AvgIpc) is 2.54. The van der Waals surface area contributed by atoms with Crippen LogP contribution in [0.3, 0.4) is 0 Å². The van der Waals surface area contributed by atoms with Crippen molar-refractivity contribution >= 4 is 0 Å². The van der Waals surface area contributed by atoms with Crippen LogP contribution in [-0.2, 0) is 5.41 Å². The summed E-state index contributed by atoms with van der Waals surface area (Å²) in [6, 6.07) is 7.40. The lowest BCUT2D eigenvalue weighted by Gasteiger charge is -2.41. The van der Waals surface area contributed by atoms with E-state index < -0.39 is 0 Å². The average molecular weight is 333 g/mol. The Kier molecular flexibility index (Phi) is 6.55. The van der Waals surface area contributed by atoms with E-state index in [0.717, 1.165) is 32.6 Å². The van der Waals surface area contributed by atoms with Gasteiger partial charge in [0.1, 0.15) is 5.82 Å². The molecule has 0 aromatic heterocycles. The highest BCUT2D eigenvalue weighted by Crippen LogP contribution is 2.31. The summed E-state index contributed by atoms with van der Waals surface area (Å²) in [5, 5.41) is 2.27. The summed E-state index contributed by atoms with van der Waals surface area (Å²) in [5.74, 6) is -0.168. The van der Waals surface area contributed by atoms with Crippen LogP contribution in [0, 0.1) is 5.82 Å². The van der Waals surface area contributed by atoms with E-state index in [1.807, 2.05) is 19.2 Å². The monoisotopic (exact) mass is 333 g/mol. The molecule has 134 valence electrons. The van der Waals surface area contributed by atoms with Crippen molar-refractivity contribution < 1.29 is 4.39 Å². The second-order valence-electron chi connectivity index (χ2n) is 7.65. The smallest absolute Gasteiger partial charge is 0.123 e. The predicted molar refractivity (Wildman–Crippen MR) is 99.5 cm³/mol. The number of hydrogen-bond donors (Lipinski definition) is 1. The Labute approximate surface area is 146 Å². The maximum Gasteiger partial charge on any atom is 0.123 e. The molecule has 0 radical (unpaired) electrons. The molecule has 4 heteroatoms. The molecule has 1 unspecified atom stereocenters. The van der Waals surface area contributed by atoms with Crippen LogP contribution in [0.4, 0.5) is 4.39 Å². The molecule has 1 atom stereocenters. The van der Waals surface area contributed by atoms with Crippen molar-refractivity contribution in [3.8, 4) is 0 Å². The summed E-state index contributed by atoms with van der Waals surface area (Å²) >= 11 is 0. The van der Waals surface area contributed by atoms with Gasteiger partial charge in [0.05, 0.1) is 0 Å². The number of benzene rings is 1. The predicted octanol–water partition coefficient (Wildman–Crippen LogP) is 3.58. The van der Waals surface area contributed by atoms with Gasteiger partial charge in [-0.1, -0.05) is 37.6 Å². The number of hydrazine groups is 1. The summed E-state index contributed by atoms with van der Waals surface area (Å²) in [7, 11) is 1.99. The fourth-order valence-corrected chi connectivity index (χ4v) is 3.50. The Bertz CT molecular complexity index is 539. The van der Waals surface area contributed by atoms with Gasteiger partial charge < -0.3 is 0 Å². The third-order valence-corrected chi connectivity index (χ3v) is 4.97. The first-order valence-electron chi connectivity index (χ1n) is 8.89. The highest BCUT2D eigenvalue weighted by Gasteiger charge is 2.29. The van der Waals surface area contributed by atoms with E-state index in [1.54, 1.807) is 12.1 Å². The second kappa shape index (κ2) is 8.24. The Balaban J connectivity index is 2.13. The molecule has 1 aromatic carbocycles. The summed E-state index contributed by atoms with van der Waals surface area (Å²) in [5.41, 5.74) is 5.80. The van der Waals surface area contributed by atoms with Gasteiger partial charge in [0.2, 0.25) is 0 Å². The van der Waals surface area contributed by atoms with Crippen molar-refractivity contribution in [1.82, 2.24) is 15.3 Å². The van der Waals surface area contributed by atoms with Gasteiger partial charge in [-0.3, -0.25) is 10.3 Å². The highest BCUT2D eigenvalue weighted by atomic mass is 19.1. The molecule has 1 N–H and O–H groups in total. The van der Waals surface area contributed by atoms with Crippen LogP contribution in [0.5, 0.6) is 0 Å². The topological polar surface area (TPSA) is 18.5 Å². The van der Waals surface area contributed by atoms with Crippen LogP contribution in [-0.4, -0.2) is 49.2 Å². The van der Waals surface area contributed by atoms with Crippen molar-refractivity contribution in [3.05, 3.63) is 47.3 Å². The number of piperazine rings is 1. The van der Waals surface area contributed by atoms with Gasteiger partial charge in [-0.2, -0.15) is 0 Å². The van der Waals surface area contributed by atoms with Crippen LogP contribution < -0.4 is 5.43 Å². The Morgan fingerprint density at radius 2 is 1.75 bits per heavy atom. The number of allylic oxidation sites excluding steroid dienone is 1. The molecule has 0 spiro atoms. The molecule has 24 heavy (non-hydrogen) atoms. The molecular formula is C20H32FN3. The van der Waals surface area contributed by atoms with E-state index in [1.165, 1.54) is 11.1 Å². The van der Waals surface area contributed by atoms with Crippen LogP contribution >= 0.6 is 0 Å². The third kappa shape index (κ3) is 5.13. The second-order valence-corrected chi connectivity index (χ2v) is 7.65. The first-order valence-corrected chi connectivity index (χ1v) is 8.89. The maximum atomic E-state index is 13.2. The van der Waals surface area contributed by atoms with E-state index in [4.69, 9.17) is 0 Å². The van der Waals surface area contributed by atoms with Crippen molar-refractivity contribution in [1.29, 1.82) is 0 Å². The van der Waals surface area contributed by atoms with Crippen LogP contribution in [0.25, 0.3) is 0 Å². The zero-order valence-corrected chi connectivity index (χ0v) is 15.8. The quantitative estimate of drug-likeness (QED) is 0.803. The maximum absolute atomic E-state index is 13.2. The van der Waals surface area contributed by atoms with E-state index in [9.17, 15) is 4.39 Å². The van der Waals surface area contributed by atoms with E-state index in [-0.39, 0.29) is 11.2 Å². The van der Waals surface area contributed by atoms with Crippen LogP contribution in [0.15, 0.2) is 35.9 Å². The fourth-order valence-electron chi connectivity index (χ4n) is 3.50. The minimum Gasteiger partial charge on any atom is -0.294 e. The molecule has 0 saturated carbocycles. The number of hydrogen-bond acceptors (Lipinski definition) is 3.